The number of ether oxygens (including phenoxy) is 1. The number of benzene rings is 1. The summed E-state index contributed by atoms with van der Waals surface area (Å²) >= 11 is 0. The molecule has 0 bridgehead atoms. The number of rotatable bonds is 6. The van der Waals surface area contributed by atoms with Gasteiger partial charge in [-0.3, -0.25) is 9.69 Å². The molecule has 7 nitrogen and oxygen atoms in total. The molecule has 1 aliphatic heterocycles. The Balaban J connectivity index is 0.00000225. The van der Waals surface area contributed by atoms with Crippen molar-refractivity contribution in [3.63, 3.8) is 0 Å². The van der Waals surface area contributed by atoms with Crippen molar-refractivity contribution in [2.24, 2.45) is 0 Å². The van der Waals surface area contributed by atoms with E-state index in [9.17, 15) is 4.79 Å². The van der Waals surface area contributed by atoms with Crippen molar-refractivity contribution in [2.75, 3.05) is 40.3 Å². The second-order valence-corrected chi connectivity index (χ2v) is 6.19. The minimum atomic E-state index is -0.105. The molecule has 138 valence electrons. The molecule has 1 saturated heterocycles. The molecule has 3 rings (SSSR count). The van der Waals surface area contributed by atoms with Gasteiger partial charge >= 0.3 is 0 Å². The molecule has 1 aromatic heterocycles. The van der Waals surface area contributed by atoms with E-state index in [1.54, 1.807) is 19.4 Å². The maximum Gasteiger partial charge on any atom is 0.255 e. The highest BCUT2D eigenvalue weighted by molar-refractivity contribution is 6.04. The van der Waals surface area contributed by atoms with Gasteiger partial charge in [-0.05, 0) is 25.6 Å². The predicted molar refractivity (Wildman–Crippen MR) is 96.9 cm³/mol. The average Bonchev–Trinajstić information content (AvgIpc) is 3.09. The van der Waals surface area contributed by atoms with Crippen LogP contribution in [-0.4, -0.2) is 68.8 Å². The lowest BCUT2D eigenvalue weighted by molar-refractivity contribution is 0.00695. The summed E-state index contributed by atoms with van der Waals surface area (Å²) < 4.78 is 11.1. The van der Waals surface area contributed by atoms with E-state index in [4.69, 9.17) is 9.15 Å². The number of piperidine rings is 1. The van der Waals surface area contributed by atoms with E-state index in [0.29, 0.717) is 11.1 Å². The molecular weight excluding hydrogens is 322 g/mol. The third-order valence-electron chi connectivity index (χ3n) is 4.66. The normalized spacial score (nSPS) is 21.0. The van der Waals surface area contributed by atoms with Crippen LogP contribution in [0.25, 0.3) is 11.0 Å². The van der Waals surface area contributed by atoms with Crippen LogP contribution in [0, 0.1) is 0 Å². The molecule has 7 heteroatoms. The number of para-hydroxylation sites is 1. The Hall–Kier alpha value is -1.93. The van der Waals surface area contributed by atoms with Gasteiger partial charge in [0.25, 0.3) is 5.91 Å². The van der Waals surface area contributed by atoms with Gasteiger partial charge in [0.1, 0.15) is 5.58 Å². The van der Waals surface area contributed by atoms with E-state index in [1.165, 1.54) is 0 Å². The van der Waals surface area contributed by atoms with Crippen LogP contribution in [0.4, 0.5) is 0 Å². The van der Waals surface area contributed by atoms with Crippen molar-refractivity contribution in [3.05, 3.63) is 36.1 Å². The number of likely N-dealkylation sites (N-methyl/N-ethyl adjacent to an activating group) is 1. The third kappa shape index (κ3) is 4.38. The SMILES string of the molecule is CNCCN1CCC(NC(=O)c2cccc3ccoc23)C(OC)C1.O. The first-order valence-corrected chi connectivity index (χ1v) is 8.39. The number of hydrogen-bond acceptors (Lipinski definition) is 5. The lowest BCUT2D eigenvalue weighted by Crippen LogP contribution is -2.55. The zero-order chi connectivity index (χ0) is 16.9. The minimum absolute atomic E-state index is 0. The monoisotopic (exact) mass is 349 g/mol. The number of furan rings is 1. The maximum atomic E-state index is 12.7. The summed E-state index contributed by atoms with van der Waals surface area (Å²) in [6, 6.07) is 7.49. The van der Waals surface area contributed by atoms with Gasteiger partial charge in [0.05, 0.1) is 24.0 Å². The first kappa shape index (κ1) is 19.4. The highest BCUT2D eigenvalue weighted by atomic mass is 16.5. The van der Waals surface area contributed by atoms with E-state index >= 15 is 0 Å². The topological polar surface area (TPSA) is 98.2 Å². The molecule has 1 aliphatic rings. The molecule has 1 fully saturated rings. The quantitative estimate of drug-likeness (QED) is 0.798. The lowest BCUT2D eigenvalue weighted by atomic mass is 10.0. The lowest BCUT2D eigenvalue weighted by Gasteiger charge is -2.38. The average molecular weight is 349 g/mol. The Morgan fingerprint density at radius 1 is 1.40 bits per heavy atom. The Bertz CT molecular complexity index is 688. The van der Waals surface area contributed by atoms with Crippen LogP contribution in [0.1, 0.15) is 16.8 Å². The number of likely N-dealkylation sites (tertiary alicyclic amines) is 1. The van der Waals surface area contributed by atoms with E-state index in [2.05, 4.69) is 15.5 Å². The van der Waals surface area contributed by atoms with Crippen molar-refractivity contribution in [2.45, 2.75) is 18.6 Å². The molecule has 2 aromatic rings. The fraction of sp³-hybridized carbons (Fsp3) is 0.500. The summed E-state index contributed by atoms with van der Waals surface area (Å²) in [7, 11) is 3.66. The molecule has 2 heterocycles. The standard InChI is InChI=1S/C18H25N3O3.H2O/c1-19-8-10-21-9-6-15(16(12-21)23-2)20-18(22)14-5-3-4-13-7-11-24-17(13)14;/h3-5,7,11,15-16,19H,6,8-10,12H2,1-2H3,(H,20,22);1H2. The van der Waals surface area contributed by atoms with Gasteiger partial charge < -0.3 is 25.3 Å². The van der Waals surface area contributed by atoms with Crippen LogP contribution < -0.4 is 10.6 Å². The Kier molecular flexibility index (Phi) is 6.95. The summed E-state index contributed by atoms with van der Waals surface area (Å²) in [6.07, 6.45) is 2.48. The second kappa shape index (κ2) is 8.96. The van der Waals surface area contributed by atoms with Crippen molar-refractivity contribution in [3.8, 4) is 0 Å². The number of amides is 1. The molecule has 0 spiro atoms. The molecule has 1 amide bonds. The molecule has 2 atom stereocenters. The molecule has 0 radical (unpaired) electrons. The van der Waals surface area contributed by atoms with Crippen LogP contribution in [0.3, 0.4) is 0 Å². The highest BCUT2D eigenvalue weighted by Crippen LogP contribution is 2.21. The second-order valence-electron chi connectivity index (χ2n) is 6.19. The highest BCUT2D eigenvalue weighted by Gasteiger charge is 2.30. The third-order valence-corrected chi connectivity index (χ3v) is 4.66. The van der Waals surface area contributed by atoms with E-state index in [0.717, 1.165) is 38.0 Å². The van der Waals surface area contributed by atoms with E-state index in [-0.39, 0.29) is 23.5 Å². The van der Waals surface area contributed by atoms with Crippen LogP contribution in [-0.2, 0) is 4.74 Å². The summed E-state index contributed by atoms with van der Waals surface area (Å²) in [6.45, 7) is 3.72. The number of fused-ring (bicyclic) bond motifs is 1. The predicted octanol–water partition coefficient (Wildman–Crippen LogP) is 0.647. The van der Waals surface area contributed by atoms with Gasteiger partial charge in [-0.25, -0.2) is 0 Å². The van der Waals surface area contributed by atoms with Crippen molar-refractivity contribution < 1.29 is 19.4 Å². The molecule has 25 heavy (non-hydrogen) atoms. The van der Waals surface area contributed by atoms with Crippen LogP contribution in [0.5, 0.6) is 0 Å². The van der Waals surface area contributed by atoms with Crippen molar-refractivity contribution >= 4 is 16.9 Å². The van der Waals surface area contributed by atoms with Gasteiger partial charge in [0.15, 0.2) is 0 Å². The maximum absolute atomic E-state index is 12.7. The Morgan fingerprint density at radius 3 is 3.00 bits per heavy atom. The largest absolute Gasteiger partial charge is 0.464 e. The number of methoxy groups -OCH3 is 1. The summed E-state index contributed by atoms with van der Waals surface area (Å²) in [5, 5.41) is 7.23. The van der Waals surface area contributed by atoms with Crippen LogP contribution >= 0.6 is 0 Å². The van der Waals surface area contributed by atoms with Crippen molar-refractivity contribution in [1.29, 1.82) is 0 Å². The number of nitrogens with zero attached hydrogens (tertiary/aromatic N) is 1. The van der Waals surface area contributed by atoms with Gasteiger partial charge in [-0.2, -0.15) is 0 Å². The fourth-order valence-electron chi connectivity index (χ4n) is 3.28. The van der Waals surface area contributed by atoms with Gasteiger partial charge in [0, 0.05) is 38.7 Å². The molecule has 1 aromatic carbocycles. The zero-order valence-electron chi connectivity index (χ0n) is 14.7. The first-order valence-electron chi connectivity index (χ1n) is 8.39. The number of nitrogens with one attached hydrogen (secondary N) is 2. The number of carbonyl (C=O) groups excluding carboxylic acids is 1. The van der Waals surface area contributed by atoms with Gasteiger partial charge in [-0.15, -0.1) is 0 Å². The van der Waals surface area contributed by atoms with Crippen LogP contribution in [0.2, 0.25) is 0 Å². The molecule has 0 saturated carbocycles. The van der Waals surface area contributed by atoms with Gasteiger partial charge in [-0.1, -0.05) is 12.1 Å². The Morgan fingerprint density at radius 2 is 2.24 bits per heavy atom. The molecule has 2 unspecified atom stereocenters. The number of hydrogen-bond donors (Lipinski definition) is 2. The fourth-order valence-corrected chi connectivity index (χ4v) is 3.28. The summed E-state index contributed by atoms with van der Waals surface area (Å²) in [4.78, 5) is 15.1. The van der Waals surface area contributed by atoms with E-state index < -0.39 is 0 Å². The molecule has 4 N–H and O–H groups in total. The van der Waals surface area contributed by atoms with E-state index in [1.807, 2.05) is 25.2 Å². The van der Waals surface area contributed by atoms with Crippen LogP contribution in [0.15, 0.2) is 34.9 Å². The first-order chi connectivity index (χ1) is 11.7. The number of carbonyl (C=O) groups is 1. The minimum Gasteiger partial charge on any atom is -0.464 e. The smallest absolute Gasteiger partial charge is 0.255 e. The molecular formula is C18H27N3O4. The summed E-state index contributed by atoms with van der Waals surface area (Å²) in [5.74, 6) is -0.105. The molecule has 0 aliphatic carbocycles. The van der Waals surface area contributed by atoms with Crippen molar-refractivity contribution in [1.82, 2.24) is 15.5 Å². The summed E-state index contributed by atoms with van der Waals surface area (Å²) in [5.41, 5.74) is 1.21. The zero-order valence-corrected chi connectivity index (χ0v) is 14.7. The van der Waals surface area contributed by atoms with Gasteiger partial charge in [0.2, 0.25) is 0 Å². The Labute approximate surface area is 147 Å².